The van der Waals surface area contributed by atoms with Gasteiger partial charge in [0.05, 0.1) is 32.6 Å². The minimum absolute atomic E-state index is 0.00135. The predicted octanol–water partition coefficient (Wildman–Crippen LogP) is 7.32. The molecular weight excluding hydrogens is 479 g/mol. The largest absolute Gasteiger partial charge is 0.457 e. The molecule has 35 heavy (non-hydrogen) atoms. The van der Waals surface area contributed by atoms with Gasteiger partial charge in [0, 0.05) is 46.0 Å². The molecule has 4 nitrogen and oxygen atoms in total. The standard InChI is InChI=1S/C29H36Cl2N2O2/c1-33(19-20-7-5-3-2-4-6-8-20)15-13-23(14-16-33)32-29(34)28-24-17-21(30)9-11-26(24)35-27-12-10-22(31)18-25(27)28/h9-12,17-18,20,23,28H,2-8,13-16,19H2,1H3/p+1. The van der Waals surface area contributed by atoms with Crippen LogP contribution in [0.2, 0.25) is 10.0 Å². The first kappa shape index (κ1) is 24.9. The van der Waals surface area contributed by atoms with Gasteiger partial charge in [0.1, 0.15) is 11.5 Å². The van der Waals surface area contributed by atoms with Crippen LogP contribution in [-0.2, 0) is 4.79 Å². The van der Waals surface area contributed by atoms with Gasteiger partial charge in [-0.1, -0.05) is 55.3 Å². The SMILES string of the molecule is C[N+]1(CC2CCCCCCC2)CCC(NC(=O)C2c3cc(Cl)ccc3Oc3ccc(Cl)cc32)CC1. The summed E-state index contributed by atoms with van der Waals surface area (Å²) in [4.78, 5) is 13.7. The number of ether oxygens (including phenoxy) is 1. The number of nitrogens with zero attached hydrogens (tertiary/aromatic N) is 1. The van der Waals surface area contributed by atoms with Crippen molar-refractivity contribution in [3.63, 3.8) is 0 Å². The Morgan fingerprint density at radius 1 is 0.886 bits per heavy atom. The summed E-state index contributed by atoms with van der Waals surface area (Å²) in [7, 11) is 2.42. The molecule has 1 saturated carbocycles. The number of fused-ring (bicyclic) bond motifs is 2. The van der Waals surface area contributed by atoms with E-state index in [9.17, 15) is 4.79 Å². The number of carbonyl (C=O) groups is 1. The first-order chi connectivity index (χ1) is 16.9. The van der Waals surface area contributed by atoms with Gasteiger partial charge in [-0.3, -0.25) is 4.79 Å². The molecule has 2 aromatic carbocycles. The Kier molecular flexibility index (Phi) is 7.62. The molecule has 0 aromatic heterocycles. The predicted molar refractivity (Wildman–Crippen MR) is 143 cm³/mol. The average Bonchev–Trinajstić information content (AvgIpc) is 2.81. The highest BCUT2D eigenvalue weighted by molar-refractivity contribution is 6.31. The Labute approximate surface area is 219 Å². The lowest BCUT2D eigenvalue weighted by Gasteiger charge is -2.43. The molecule has 1 saturated heterocycles. The van der Waals surface area contributed by atoms with Gasteiger partial charge >= 0.3 is 0 Å². The molecule has 6 heteroatoms. The van der Waals surface area contributed by atoms with Gasteiger partial charge in [0.25, 0.3) is 0 Å². The van der Waals surface area contributed by atoms with Crippen LogP contribution in [0, 0.1) is 5.92 Å². The van der Waals surface area contributed by atoms with E-state index < -0.39 is 5.92 Å². The van der Waals surface area contributed by atoms with E-state index in [1.54, 1.807) is 12.1 Å². The second-order valence-corrected chi connectivity index (χ2v) is 12.0. The summed E-state index contributed by atoms with van der Waals surface area (Å²) in [6.07, 6.45) is 11.8. The Balaban J connectivity index is 1.26. The number of halogens is 2. The molecule has 2 heterocycles. The fraction of sp³-hybridized carbons (Fsp3) is 0.552. The van der Waals surface area contributed by atoms with Crippen LogP contribution in [0.15, 0.2) is 36.4 Å². The van der Waals surface area contributed by atoms with Crippen molar-refractivity contribution in [2.75, 3.05) is 26.7 Å². The Morgan fingerprint density at radius 2 is 1.43 bits per heavy atom. The summed E-state index contributed by atoms with van der Waals surface area (Å²) in [5.74, 6) is 1.73. The zero-order chi connectivity index (χ0) is 24.4. The molecule has 3 aliphatic rings. The molecule has 188 valence electrons. The van der Waals surface area contributed by atoms with E-state index in [0.717, 1.165) is 47.5 Å². The molecule has 0 radical (unpaired) electrons. The van der Waals surface area contributed by atoms with Gasteiger partial charge in [0.15, 0.2) is 0 Å². The molecule has 1 aliphatic carbocycles. The van der Waals surface area contributed by atoms with Crippen LogP contribution in [-0.4, -0.2) is 43.1 Å². The van der Waals surface area contributed by atoms with E-state index >= 15 is 0 Å². The highest BCUT2D eigenvalue weighted by Gasteiger charge is 2.37. The summed E-state index contributed by atoms with van der Waals surface area (Å²) in [5, 5.41) is 4.56. The van der Waals surface area contributed by atoms with Crippen LogP contribution < -0.4 is 10.1 Å². The van der Waals surface area contributed by atoms with Gasteiger partial charge in [-0.2, -0.15) is 0 Å². The molecule has 1 N–H and O–H groups in total. The zero-order valence-corrected chi connectivity index (χ0v) is 22.2. The minimum Gasteiger partial charge on any atom is -0.457 e. The van der Waals surface area contributed by atoms with Crippen molar-refractivity contribution in [2.45, 2.75) is 69.7 Å². The molecule has 2 fully saturated rings. The first-order valence-corrected chi connectivity index (χ1v) is 14.1. The van der Waals surface area contributed by atoms with Crippen molar-refractivity contribution >= 4 is 29.1 Å². The summed E-state index contributed by atoms with van der Waals surface area (Å²) < 4.78 is 7.22. The number of rotatable bonds is 4. The third kappa shape index (κ3) is 5.81. The summed E-state index contributed by atoms with van der Waals surface area (Å²) >= 11 is 12.6. The smallest absolute Gasteiger partial charge is 0.232 e. The number of quaternary nitrogens is 1. The number of likely N-dealkylation sites (tertiary alicyclic amines) is 1. The van der Waals surface area contributed by atoms with Gasteiger partial charge in [-0.05, 0) is 49.2 Å². The van der Waals surface area contributed by atoms with E-state index in [1.165, 1.54) is 51.5 Å². The average molecular weight is 517 g/mol. The van der Waals surface area contributed by atoms with Crippen molar-refractivity contribution in [1.29, 1.82) is 0 Å². The van der Waals surface area contributed by atoms with Crippen LogP contribution >= 0.6 is 23.2 Å². The maximum Gasteiger partial charge on any atom is 0.232 e. The van der Waals surface area contributed by atoms with E-state index in [-0.39, 0.29) is 11.9 Å². The molecule has 0 unspecified atom stereocenters. The lowest BCUT2D eigenvalue weighted by atomic mass is 9.86. The number of hydrogen-bond acceptors (Lipinski definition) is 2. The van der Waals surface area contributed by atoms with Crippen LogP contribution in [0.1, 0.15) is 74.8 Å². The fourth-order valence-corrected chi connectivity index (χ4v) is 6.75. The van der Waals surface area contributed by atoms with Gasteiger partial charge in [-0.25, -0.2) is 0 Å². The van der Waals surface area contributed by atoms with Crippen LogP contribution in [0.3, 0.4) is 0 Å². The highest BCUT2D eigenvalue weighted by atomic mass is 35.5. The van der Waals surface area contributed by atoms with Crippen molar-refractivity contribution in [3.05, 3.63) is 57.6 Å². The first-order valence-electron chi connectivity index (χ1n) is 13.3. The normalized spacial score (nSPS) is 25.5. The quantitative estimate of drug-likeness (QED) is 0.433. The Morgan fingerprint density at radius 3 is 2.00 bits per heavy atom. The van der Waals surface area contributed by atoms with E-state index in [0.29, 0.717) is 21.5 Å². The number of piperidine rings is 1. The Hall–Kier alpha value is -1.75. The molecular formula is C29H37Cl2N2O2+. The van der Waals surface area contributed by atoms with Gasteiger partial charge in [-0.15, -0.1) is 0 Å². The van der Waals surface area contributed by atoms with E-state index in [1.807, 2.05) is 24.3 Å². The maximum atomic E-state index is 13.7. The number of nitrogens with one attached hydrogen (secondary N) is 1. The topological polar surface area (TPSA) is 38.3 Å². The van der Waals surface area contributed by atoms with E-state index in [2.05, 4.69) is 12.4 Å². The molecule has 1 amide bonds. The van der Waals surface area contributed by atoms with Crippen molar-refractivity contribution in [2.24, 2.45) is 5.92 Å². The molecule has 0 spiro atoms. The number of benzene rings is 2. The second-order valence-electron chi connectivity index (χ2n) is 11.1. The number of hydrogen-bond donors (Lipinski definition) is 1. The molecule has 5 rings (SSSR count). The second kappa shape index (κ2) is 10.7. The van der Waals surface area contributed by atoms with Crippen molar-refractivity contribution < 1.29 is 14.0 Å². The summed E-state index contributed by atoms with van der Waals surface area (Å²) in [5.41, 5.74) is 1.59. The Bertz CT molecular complexity index is 1010. The summed E-state index contributed by atoms with van der Waals surface area (Å²) in [6, 6.07) is 11.2. The molecule has 2 aliphatic heterocycles. The lowest BCUT2D eigenvalue weighted by Crippen LogP contribution is -2.56. The van der Waals surface area contributed by atoms with Gasteiger partial charge in [0.2, 0.25) is 5.91 Å². The molecule has 0 bridgehead atoms. The highest BCUT2D eigenvalue weighted by Crippen LogP contribution is 2.46. The number of amides is 1. The van der Waals surface area contributed by atoms with Gasteiger partial charge < -0.3 is 14.5 Å². The fourth-order valence-electron chi connectivity index (χ4n) is 6.39. The van der Waals surface area contributed by atoms with Crippen molar-refractivity contribution in [1.82, 2.24) is 5.32 Å². The monoisotopic (exact) mass is 515 g/mol. The van der Waals surface area contributed by atoms with Crippen LogP contribution in [0.25, 0.3) is 0 Å². The third-order valence-electron chi connectivity index (χ3n) is 8.35. The number of carbonyl (C=O) groups excluding carboxylic acids is 1. The zero-order valence-electron chi connectivity index (χ0n) is 20.7. The van der Waals surface area contributed by atoms with Crippen LogP contribution in [0.4, 0.5) is 0 Å². The van der Waals surface area contributed by atoms with E-state index in [4.69, 9.17) is 27.9 Å². The van der Waals surface area contributed by atoms with Crippen molar-refractivity contribution in [3.8, 4) is 11.5 Å². The maximum absolute atomic E-state index is 13.7. The van der Waals surface area contributed by atoms with Crippen LogP contribution in [0.5, 0.6) is 11.5 Å². The molecule has 2 aromatic rings. The lowest BCUT2D eigenvalue weighted by molar-refractivity contribution is -0.917. The minimum atomic E-state index is -0.483. The summed E-state index contributed by atoms with van der Waals surface area (Å²) in [6.45, 7) is 3.54. The third-order valence-corrected chi connectivity index (χ3v) is 8.82. The molecule has 0 atom stereocenters.